The van der Waals surface area contributed by atoms with E-state index in [0.717, 1.165) is 0 Å². The largest absolute Gasteiger partial charge is 2.00 e. The van der Waals surface area contributed by atoms with E-state index < -0.39 is 15.8 Å². The standard InChI is InChI=1S/C38H34P2.2C5H5.2Fe/c1-29(39(31-17-7-3-8-18-31)32-19-9-4-10-20-32)35-25-15-27-37(35)38-28-16-26-36(38)30(2)40(33-21-11-5-12-22-33)34-23-13-6-14-24-34;2*1-2-4-5-3-1;;/h3-30H,1-2H3;2*1-5H;;/q;;;2*+2/t29-,30-;;;;/m1..../s1. The van der Waals surface area contributed by atoms with Gasteiger partial charge in [-0.25, -0.2) is 0 Å². The van der Waals surface area contributed by atoms with Crippen LogP contribution in [0.3, 0.4) is 0 Å². The van der Waals surface area contributed by atoms with E-state index in [1.54, 1.807) is 0 Å². The molecule has 0 N–H and O–H groups in total. The van der Waals surface area contributed by atoms with Crippen molar-refractivity contribution in [2.75, 3.05) is 0 Å². The minimum atomic E-state index is -0.560. The van der Waals surface area contributed by atoms with Gasteiger partial charge in [0.2, 0.25) is 0 Å². The third-order valence-electron chi connectivity index (χ3n) is 8.91. The van der Waals surface area contributed by atoms with Gasteiger partial charge in [0.05, 0.1) is 0 Å². The van der Waals surface area contributed by atoms with Crippen molar-refractivity contribution >= 4 is 37.1 Å². The van der Waals surface area contributed by atoms with Crippen LogP contribution in [0.4, 0.5) is 0 Å². The maximum atomic E-state index is 2.43. The van der Waals surface area contributed by atoms with E-state index in [2.05, 4.69) is 174 Å². The monoisotopic (exact) mass is 794 g/mol. The Morgan fingerprint density at radius 3 is 0.769 bits per heavy atom. The Labute approximate surface area is 342 Å². The first-order valence-electron chi connectivity index (χ1n) is 17.4. The summed E-state index contributed by atoms with van der Waals surface area (Å²) < 4.78 is 0. The second kappa shape index (κ2) is 23.6. The molecule has 0 bridgehead atoms. The Bertz CT molecular complexity index is 1270. The fourth-order valence-corrected chi connectivity index (χ4v) is 11.9. The summed E-state index contributed by atoms with van der Waals surface area (Å²) in [7, 11) is -1.12. The number of rotatable bonds is 9. The average Bonchev–Trinajstić information content (AvgIpc) is 4.03. The quantitative estimate of drug-likeness (QED) is 0.117. The van der Waals surface area contributed by atoms with Crippen molar-refractivity contribution < 1.29 is 34.1 Å². The predicted molar refractivity (Wildman–Crippen MR) is 219 cm³/mol. The van der Waals surface area contributed by atoms with Crippen LogP contribution in [0.15, 0.2) is 121 Å². The molecule has 4 aliphatic carbocycles. The molecule has 4 aromatic carbocycles. The smallest absolute Gasteiger partial charge is 0.0622 e. The van der Waals surface area contributed by atoms with Crippen LogP contribution in [-0.2, 0) is 34.1 Å². The third kappa shape index (κ3) is 11.9. The van der Waals surface area contributed by atoms with Gasteiger partial charge < -0.3 is 0 Å². The van der Waals surface area contributed by atoms with E-state index in [1.807, 2.05) is 64.2 Å². The van der Waals surface area contributed by atoms with Crippen molar-refractivity contribution in [1.82, 2.24) is 0 Å². The zero-order valence-electron chi connectivity index (χ0n) is 29.5. The molecule has 0 aliphatic heterocycles. The number of hydrogen-bond donors (Lipinski definition) is 0. The second-order valence-electron chi connectivity index (χ2n) is 12.1. The fourth-order valence-electron chi connectivity index (χ4n) is 6.55. The first kappa shape index (κ1) is 43.5. The van der Waals surface area contributed by atoms with Crippen LogP contribution < -0.4 is 21.2 Å². The zero-order valence-corrected chi connectivity index (χ0v) is 33.5. The first-order chi connectivity index (χ1) is 24.7. The Balaban J connectivity index is 0.000000436. The molecule has 52 heavy (non-hydrogen) atoms. The number of benzene rings is 4. The molecular formula is C48H44Fe2P2+4. The van der Waals surface area contributed by atoms with E-state index in [9.17, 15) is 0 Å². The molecule has 4 fully saturated rings. The van der Waals surface area contributed by atoms with Gasteiger partial charge in [-0.1, -0.05) is 135 Å². The molecule has 0 spiro atoms. The van der Waals surface area contributed by atoms with Gasteiger partial charge in [-0.05, 0) is 175 Å². The summed E-state index contributed by atoms with van der Waals surface area (Å²) >= 11 is 0. The number of hydrogen-bond acceptors (Lipinski definition) is 0. The molecule has 258 valence electrons. The Hall–Kier alpha value is -1.22. The molecular weight excluding hydrogens is 750 g/mol. The van der Waals surface area contributed by atoms with Gasteiger partial charge in [0.25, 0.3) is 0 Å². The zero-order chi connectivity index (χ0) is 34.4. The van der Waals surface area contributed by atoms with E-state index >= 15 is 0 Å². The Morgan fingerprint density at radius 2 is 0.538 bits per heavy atom. The molecule has 2 atom stereocenters. The van der Waals surface area contributed by atoms with Gasteiger partial charge in [-0.2, -0.15) is 0 Å². The molecule has 0 unspecified atom stereocenters. The summed E-state index contributed by atoms with van der Waals surface area (Å²) in [5.74, 6) is 5.66. The van der Waals surface area contributed by atoms with Gasteiger partial charge in [-0.3, -0.25) is 0 Å². The minimum Gasteiger partial charge on any atom is -0.0622 e. The third-order valence-corrected chi connectivity index (χ3v) is 14.4. The SMILES string of the molecule is C[C@H]([C]1[CH][CH][CH][C]1[C]1[CH][CH][CH][C]1[C@@H](C)P(c1ccccc1)c1ccccc1)P(c1ccccc1)c1ccccc1.[CH]1[CH][CH][CH][CH]1.[CH]1[CH][CH][CH][CH]1.[Fe+2].[Fe+2]. The van der Waals surface area contributed by atoms with E-state index in [-0.39, 0.29) is 34.1 Å². The summed E-state index contributed by atoms with van der Waals surface area (Å²) in [6, 6.07) is 44.4. The van der Waals surface area contributed by atoms with Crippen LogP contribution in [0.2, 0.25) is 0 Å². The molecule has 4 heteroatoms. The van der Waals surface area contributed by atoms with Gasteiger partial charge in [0.1, 0.15) is 0 Å². The molecule has 0 saturated heterocycles. The van der Waals surface area contributed by atoms with Gasteiger partial charge in [0.15, 0.2) is 0 Å². The van der Waals surface area contributed by atoms with Crippen molar-refractivity contribution in [1.29, 1.82) is 0 Å². The normalized spacial score (nSPS) is 19.2. The summed E-state index contributed by atoms with van der Waals surface area (Å²) in [4.78, 5) is 0. The molecule has 0 heterocycles. The van der Waals surface area contributed by atoms with Crippen LogP contribution in [0, 0.1) is 126 Å². The van der Waals surface area contributed by atoms with Crippen molar-refractivity contribution in [2.45, 2.75) is 25.2 Å². The van der Waals surface area contributed by atoms with Gasteiger partial charge in [-0.15, -0.1) is 0 Å². The maximum Gasteiger partial charge on any atom is 2.00 e. The van der Waals surface area contributed by atoms with Crippen molar-refractivity contribution in [3.05, 3.63) is 248 Å². The average molecular weight is 795 g/mol. The first-order valence-corrected chi connectivity index (χ1v) is 20.2. The Morgan fingerprint density at radius 1 is 0.308 bits per heavy atom. The van der Waals surface area contributed by atoms with Crippen LogP contribution in [0.5, 0.6) is 0 Å². The Kier molecular flexibility index (Phi) is 19.8. The molecule has 8 rings (SSSR count). The van der Waals surface area contributed by atoms with Crippen LogP contribution >= 0.6 is 15.8 Å². The van der Waals surface area contributed by atoms with Crippen LogP contribution in [0.25, 0.3) is 0 Å². The van der Waals surface area contributed by atoms with E-state index in [4.69, 9.17) is 0 Å². The van der Waals surface area contributed by atoms with Crippen LogP contribution in [-0.4, -0.2) is 11.3 Å². The fraction of sp³-hybridized carbons (Fsp3) is 0.0833. The summed E-state index contributed by atoms with van der Waals surface area (Å²) in [6.45, 7) is 4.86. The van der Waals surface area contributed by atoms with Gasteiger partial charge >= 0.3 is 34.1 Å². The molecule has 0 amide bonds. The molecule has 4 aromatic rings. The van der Waals surface area contributed by atoms with E-state index in [1.165, 1.54) is 44.9 Å². The van der Waals surface area contributed by atoms with Crippen LogP contribution in [0.1, 0.15) is 13.8 Å². The summed E-state index contributed by atoms with van der Waals surface area (Å²) in [6.07, 6.45) is 33.9. The second-order valence-corrected chi connectivity index (χ2v) is 17.2. The molecule has 4 aliphatic rings. The summed E-state index contributed by atoms with van der Waals surface area (Å²) in [5.41, 5.74) is 0.764. The van der Waals surface area contributed by atoms with Crippen molar-refractivity contribution in [2.24, 2.45) is 0 Å². The van der Waals surface area contributed by atoms with E-state index in [0.29, 0.717) is 11.3 Å². The maximum absolute atomic E-state index is 2.43. The molecule has 20 radical (unpaired) electrons. The van der Waals surface area contributed by atoms with Gasteiger partial charge in [0, 0.05) is 0 Å². The molecule has 0 aromatic heterocycles. The molecule has 0 nitrogen and oxygen atoms in total. The van der Waals surface area contributed by atoms with Crippen molar-refractivity contribution in [3.8, 4) is 0 Å². The topological polar surface area (TPSA) is 0 Å². The summed E-state index contributed by atoms with van der Waals surface area (Å²) in [5, 5.41) is 5.71. The molecule has 4 saturated carbocycles. The van der Waals surface area contributed by atoms with Crippen molar-refractivity contribution in [3.63, 3.8) is 0 Å². The predicted octanol–water partition coefficient (Wildman–Crippen LogP) is 9.62. The minimum absolute atomic E-state index is 0.